The number of carbonyl (C=O) groups is 1. The van der Waals surface area contributed by atoms with Gasteiger partial charge in [-0.05, 0) is 36.4 Å². The Morgan fingerprint density at radius 2 is 1.89 bits per heavy atom. The van der Waals surface area contributed by atoms with Crippen LogP contribution in [0.3, 0.4) is 0 Å². The van der Waals surface area contributed by atoms with Crippen molar-refractivity contribution in [3.8, 4) is 22.5 Å². The van der Waals surface area contributed by atoms with Gasteiger partial charge in [0.05, 0.1) is 16.4 Å². The Labute approximate surface area is 162 Å². The molecule has 0 fully saturated rings. The summed E-state index contributed by atoms with van der Waals surface area (Å²) < 4.78 is 15.1. The van der Waals surface area contributed by atoms with Crippen molar-refractivity contribution in [3.63, 3.8) is 0 Å². The van der Waals surface area contributed by atoms with Crippen molar-refractivity contribution in [2.45, 2.75) is 0 Å². The molecule has 27 heavy (non-hydrogen) atoms. The summed E-state index contributed by atoms with van der Waals surface area (Å²) in [4.78, 5) is 15.8. The summed E-state index contributed by atoms with van der Waals surface area (Å²) in [6.07, 6.45) is 0. The van der Waals surface area contributed by atoms with Crippen LogP contribution in [0.4, 0.5) is 4.39 Å². The predicted molar refractivity (Wildman–Crippen MR) is 101 cm³/mol. The number of aromatic nitrogens is 3. The minimum absolute atomic E-state index is 0.167. The van der Waals surface area contributed by atoms with Crippen LogP contribution in [-0.2, 0) is 0 Å². The summed E-state index contributed by atoms with van der Waals surface area (Å²) in [7, 11) is 0. The van der Waals surface area contributed by atoms with Gasteiger partial charge in [0.15, 0.2) is 11.3 Å². The van der Waals surface area contributed by atoms with Gasteiger partial charge in [0.1, 0.15) is 5.82 Å². The molecule has 0 atom stereocenters. The maximum atomic E-state index is 13.7. The lowest BCUT2D eigenvalue weighted by Gasteiger charge is -2.10. The summed E-state index contributed by atoms with van der Waals surface area (Å²) in [5.41, 5.74) is 2.23. The molecule has 0 saturated carbocycles. The van der Waals surface area contributed by atoms with E-state index in [-0.39, 0.29) is 5.69 Å². The molecule has 0 unspecified atom stereocenters. The summed E-state index contributed by atoms with van der Waals surface area (Å²) in [6.45, 7) is 0. The number of fused-ring (bicyclic) bond motifs is 1. The standard InChI is InChI=1S/C19H10Cl2FN3O2/c20-11-4-5-13(14(21)7-11)15-8-17(10-2-1-3-12(22)6-10)25-18(23-15)9-16(24-25)19(26)27/h1-9H,(H,26,27). The largest absolute Gasteiger partial charge is 0.476 e. The van der Waals surface area contributed by atoms with E-state index < -0.39 is 11.8 Å². The average molecular weight is 402 g/mol. The highest BCUT2D eigenvalue weighted by atomic mass is 35.5. The van der Waals surface area contributed by atoms with Crippen molar-refractivity contribution in [2.75, 3.05) is 0 Å². The van der Waals surface area contributed by atoms with Gasteiger partial charge in [-0.1, -0.05) is 35.3 Å². The zero-order valence-electron chi connectivity index (χ0n) is 13.5. The van der Waals surface area contributed by atoms with Crippen molar-refractivity contribution in [1.82, 2.24) is 14.6 Å². The molecule has 0 spiro atoms. The third-order valence-corrected chi connectivity index (χ3v) is 4.52. The quantitative estimate of drug-likeness (QED) is 0.511. The van der Waals surface area contributed by atoms with Gasteiger partial charge in [0.2, 0.25) is 0 Å². The predicted octanol–water partition coefficient (Wildman–Crippen LogP) is 5.21. The number of aromatic carboxylic acids is 1. The molecule has 0 aliphatic carbocycles. The first-order valence-corrected chi connectivity index (χ1v) is 8.53. The Hall–Kier alpha value is -2.96. The van der Waals surface area contributed by atoms with Crippen molar-refractivity contribution in [2.24, 2.45) is 0 Å². The minimum Gasteiger partial charge on any atom is -0.476 e. The summed E-state index contributed by atoms with van der Waals surface area (Å²) >= 11 is 12.2. The van der Waals surface area contributed by atoms with E-state index >= 15 is 0 Å². The zero-order valence-corrected chi connectivity index (χ0v) is 15.0. The molecule has 134 valence electrons. The molecule has 0 radical (unpaired) electrons. The fraction of sp³-hybridized carbons (Fsp3) is 0. The van der Waals surface area contributed by atoms with Gasteiger partial charge in [-0.3, -0.25) is 0 Å². The summed E-state index contributed by atoms with van der Waals surface area (Å²) in [6, 6.07) is 13.9. The van der Waals surface area contributed by atoms with Gasteiger partial charge >= 0.3 is 5.97 Å². The van der Waals surface area contributed by atoms with Crippen LogP contribution >= 0.6 is 23.2 Å². The number of benzene rings is 2. The molecule has 5 nitrogen and oxygen atoms in total. The molecule has 4 aromatic rings. The summed E-state index contributed by atoms with van der Waals surface area (Å²) in [5.74, 6) is -1.61. The topological polar surface area (TPSA) is 67.5 Å². The number of rotatable bonds is 3. The second-order valence-corrected chi connectivity index (χ2v) is 6.61. The molecule has 2 aromatic heterocycles. The van der Waals surface area contributed by atoms with Gasteiger partial charge in [-0.2, -0.15) is 5.10 Å². The van der Waals surface area contributed by atoms with Crippen LogP contribution in [0.5, 0.6) is 0 Å². The van der Waals surface area contributed by atoms with Crippen molar-refractivity contribution < 1.29 is 14.3 Å². The van der Waals surface area contributed by atoms with E-state index in [2.05, 4.69) is 10.1 Å². The molecule has 0 amide bonds. The molecule has 4 rings (SSSR count). The highest BCUT2D eigenvalue weighted by Gasteiger charge is 2.17. The fourth-order valence-electron chi connectivity index (χ4n) is 2.77. The minimum atomic E-state index is -1.18. The Morgan fingerprint density at radius 3 is 2.59 bits per heavy atom. The number of halogens is 3. The zero-order chi connectivity index (χ0) is 19.1. The highest BCUT2D eigenvalue weighted by Crippen LogP contribution is 2.32. The number of nitrogens with zero attached hydrogens (tertiary/aromatic N) is 3. The van der Waals surface area contributed by atoms with Gasteiger partial charge in [-0.25, -0.2) is 18.7 Å². The Balaban J connectivity index is 2.03. The van der Waals surface area contributed by atoms with Gasteiger partial charge in [0.25, 0.3) is 0 Å². The second-order valence-electron chi connectivity index (χ2n) is 5.77. The number of carboxylic acid groups (broad SMARTS) is 1. The normalized spacial score (nSPS) is 11.1. The first-order chi connectivity index (χ1) is 12.9. The Bertz CT molecular complexity index is 1210. The van der Waals surface area contributed by atoms with E-state index in [9.17, 15) is 14.3 Å². The third kappa shape index (κ3) is 3.25. The first-order valence-electron chi connectivity index (χ1n) is 7.78. The van der Waals surface area contributed by atoms with E-state index in [4.69, 9.17) is 23.2 Å². The molecule has 0 bridgehead atoms. The molecule has 0 aliphatic heterocycles. The maximum Gasteiger partial charge on any atom is 0.356 e. The molecular formula is C19H10Cl2FN3O2. The third-order valence-electron chi connectivity index (χ3n) is 3.97. The van der Waals surface area contributed by atoms with E-state index in [1.807, 2.05) is 0 Å². The molecular weight excluding hydrogens is 392 g/mol. The number of carboxylic acids is 1. The number of hydrogen-bond acceptors (Lipinski definition) is 3. The van der Waals surface area contributed by atoms with Crippen LogP contribution < -0.4 is 0 Å². The van der Waals surface area contributed by atoms with Crippen LogP contribution in [0.2, 0.25) is 10.0 Å². The lowest BCUT2D eigenvalue weighted by atomic mass is 10.1. The van der Waals surface area contributed by atoms with Crippen molar-refractivity contribution >= 4 is 34.8 Å². The molecule has 8 heteroatoms. The maximum absolute atomic E-state index is 13.7. The van der Waals surface area contributed by atoms with Gasteiger partial charge in [-0.15, -0.1) is 0 Å². The van der Waals surface area contributed by atoms with Crippen LogP contribution in [0.15, 0.2) is 54.6 Å². The first kappa shape index (κ1) is 17.5. The lowest BCUT2D eigenvalue weighted by molar-refractivity contribution is 0.0690. The molecule has 0 saturated heterocycles. The molecule has 2 heterocycles. The monoisotopic (exact) mass is 401 g/mol. The Morgan fingerprint density at radius 1 is 1.07 bits per heavy atom. The van der Waals surface area contributed by atoms with Gasteiger partial charge < -0.3 is 5.11 Å². The average Bonchev–Trinajstić information content (AvgIpc) is 3.05. The fourth-order valence-corrected chi connectivity index (χ4v) is 3.27. The lowest BCUT2D eigenvalue weighted by Crippen LogP contribution is -2.01. The second kappa shape index (κ2) is 6.64. The van der Waals surface area contributed by atoms with Crippen molar-refractivity contribution in [1.29, 1.82) is 0 Å². The van der Waals surface area contributed by atoms with Crippen LogP contribution in [0.25, 0.3) is 28.2 Å². The van der Waals surface area contributed by atoms with E-state index in [1.54, 1.807) is 36.4 Å². The van der Waals surface area contributed by atoms with Crippen LogP contribution in [-0.4, -0.2) is 25.7 Å². The van der Waals surface area contributed by atoms with E-state index in [1.165, 1.54) is 22.7 Å². The number of hydrogen-bond donors (Lipinski definition) is 1. The van der Waals surface area contributed by atoms with Crippen molar-refractivity contribution in [3.05, 3.63) is 76.2 Å². The van der Waals surface area contributed by atoms with E-state index in [0.29, 0.717) is 38.2 Å². The van der Waals surface area contributed by atoms with E-state index in [0.717, 1.165) is 0 Å². The van der Waals surface area contributed by atoms with Crippen LogP contribution in [0, 0.1) is 5.82 Å². The SMILES string of the molecule is O=C(O)c1cc2nc(-c3ccc(Cl)cc3Cl)cc(-c3cccc(F)c3)n2n1. The molecule has 2 aromatic carbocycles. The highest BCUT2D eigenvalue weighted by molar-refractivity contribution is 6.36. The molecule has 1 N–H and O–H groups in total. The summed E-state index contributed by atoms with van der Waals surface area (Å²) in [5, 5.41) is 14.2. The Kier molecular flexibility index (Phi) is 4.30. The smallest absolute Gasteiger partial charge is 0.356 e. The molecule has 0 aliphatic rings. The van der Waals surface area contributed by atoms with Gasteiger partial charge in [0, 0.05) is 22.2 Å². The van der Waals surface area contributed by atoms with Crippen LogP contribution in [0.1, 0.15) is 10.5 Å².